The number of esters is 1. The van der Waals surface area contributed by atoms with E-state index in [0.29, 0.717) is 18.1 Å². The van der Waals surface area contributed by atoms with E-state index in [4.69, 9.17) is 4.74 Å². The summed E-state index contributed by atoms with van der Waals surface area (Å²) in [5.74, 6) is -0.435. The highest BCUT2D eigenvalue weighted by atomic mass is 32.2. The molecule has 0 N–H and O–H groups in total. The molecule has 1 unspecified atom stereocenters. The smallest absolute Gasteiger partial charge is 0.329 e. The van der Waals surface area contributed by atoms with Gasteiger partial charge in [-0.15, -0.1) is 0 Å². The number of halogens is 1. The first-order chi connectivity index (χ1) is 9.65. The lowest BCUT2D eigenvalue weighted by Gasteiger charge is -2.33. The Morgan fingerprint density at radius 3 is 3.10 bits per heavy atom. The fourth-order valence-corrected chi connectivity index (χ4v) is 3.02. The Morgan fingerprint density at radius 1 is 1.60 bits per heavy atom. The van der Waals surface area contributed by atoms with Crippen molar-refractivity contribution in [1.82, 2.24) is 9.88 Å². The van der Waals surface area contributed by atoms with Crippen LogP contribution < -0.4 is 0 Å². The predicted molar refractivity (Wildman–Crippen MR) is 73.0 cm³/mol. The minimum atomic E-state index is -0.682. The van der Waals surface area contributed by atoms with Crippen LogP contribution in [0.1, 0.15) is 17.3 Å². The predicted octanol–water partition coefficient (Wildman–Crippen LogP) is 1.34. The average molecular weight is 298 g/mol. The number of aromatic nitrogens is 1. The Bertz CT molecular complexity index is 512. The Morgan fingerprint density at radius 2 is 2.40 bits per heavy atom. The van der Waals surface area contributed by atoms with E-state index in [1.54, 1.807) is 18.7 Å². The van der Waals surface area contributed by atoms with Crippen molar-refractivity contribution >= 4 is 23.6 Å². The molecule has 1 aliphatic rings. The van der Waals surface area contributed by atoms with Gasteiger partial charge in [-0.1, -0.05) is 0 Å². The maximum Gasteiger partial charge on any atom is 0.329 e. The zero-order valence-corrected chi connectivity index (χ0v) is 11.9. The topological polar surface area (TPSA) is 59.5 Å². The van der Waals surface area contributed by atoms with Crippen LogP contribution in [0.3, 0.4) is 0 Å². The lowest BCUT2D eigenvalue weighted by molar-refractivity contribution is -0.147. The van der Waals surface area contributed by atoms with Crippen molar-refractivity contribution < 1.29 is 18.7 Å². The van der Waals surface area contributed by atoms with Gasteiger partial charge in [0.05, 0.1) is 18.4 Å². The van der Waals surface area contributed by atoms with E-state index in [2.05, 4.69) is 4.98 Å². The van der Waals surface area contributed by atoms with Crippen molar-refractivity contribution in [2.24, 2.45) is 0 Å². The first-order valence-electron chi connectivity index (χ1n) is 6.30. The van der Waals surface area contributed by atoms with Gasteiger partial charge in [0.25, 0.3) is 5.91 Å². The zero-order valence-electron chi connectivity index (χ0n) is 11.0. The number of carbonyl (C=O) groups excluding carboxylic acids is 2. The molecule has 1 atom stereocenters. The van der Waals surface area contributed by atoms with Crippen molar-refractivity contribution in [3.05, 3.63) is 29.8 Å². The van der Waals surface area contributed by atoms with Crippen LogP contribution in [-0.4, -0.2) is 52.5 Å². The molecule has 0 saturated carbocycles. The molecule has 2 heterocycles. The number of thioether (sulfide) groups is 1. The molecule has 0 spiro atoms. The first kappa shape index (κ1) is 14.8. The van der Waals surface area contributed by atoms with E-state index in [9.17, 15) is 14.0 Å². The number of rotatable bonds is 3. The van der Waals surface area contributed by atoms with E-state index in [-0.39, 0.29) is 12.2 Å². The fourth-order valence-electron chi connectivity index (χ4n) is 1.98. The van der Waals surface area contributed by atoms with Crippen LogP contribution in [-0.2, 0) is 9.53 Å². The van der Waals surface area contributed by atoms with Crippen LogP contribution in [0.25, 0.3) is 0 Å². The average Bonchev–Trinajstić information content (AvgIpc) is 2.47. The highest BCUT2D eigenvalue weighted by molar-refractivity contribution is 7.99. The number of hydrogen-bond acceptors (Lipinski definition) is 5. The minimum Gasteiger partial charge on any atom is -0.464 e. The molecule has 1 aromatic heterocycles. The van der Waals surface area contributed by atoms with Gasteiger partial charge in [-0.2, -0.15) is 11.8 Å². The van der Waals surface area contributed by atoms with Crippen LogP contribution in [0.2, 0.25) is 0 Å². The molecule has 1 aromatic rings. The minimum absolute atomic E-state index is 0.0683. The van der Waals surface area contributed by atoms with Gasteiger partial charge in [0.15, 0.2) is 5.82 Å². The van der Waals surface area contributed by atoms with Crippen molar-refractivity contribution in [2.75, 3.05) is 24.7 Å². The lowest BCUT2D eigenvalue weighted by Crippen LogP contribution is -2.51. The molecule has 7 heteroatoms. The van der Waals surface area contributed by atoms with Crippen LogP contribution in [0, 0.1) is 5.82 Å². The van der Waals surface area contributed by atoms with Gasteiger partial charge in [0.2, 0.25) is 0 Å². The first-order valence-corrected chi connectivity index (χ1v) is 7.45. The third-order valence-electron chi connectivity index (χ3n) is 2.95. The van der Waals surface area contributed by atoms with E-state index >= 15 is 0 Å². The highest BCUT2D eigenvalue weighted by Gasteiger charge is 2.34. The molecule has 0 aromatic carbocycles. The molecule has 5 nitrogen and oxygen atoms in total. The third kappa shape index (κ3) is 3.09. The fraction of sp³-hybridized carbons (Fsp3) is 0.462. The van der Waals surface area contributed by atoms with Crippen LogP contribution >= 0.6 is 11.8 Å². The molecule has 20 heavy (non-hydrogen) atoms. The number of carbonyl (C=O) groups is 2. The van der Waals surface area contributed by atoms with E-state index < -0.39 is 23.7 Å². The molecule has 1 aliphatic heterocycles. The van der Waals surface area contributed by atoms with E-state index in [1.165, 1.54) is 17.2 Å². The van der Waals surface area contributed by atoms with Gasteiger partial charge in [-0.05, 0) is 13.0 Å². The number of ether oxygens (including phenoxy) is 1. The molecular weight excluding hydrogens is 283 g/mol. The third-order valence-corrected chi connectivity index (χ3v) is 3.97. The molecule has 108 valence electrons. The second-order valence-corrected chi connectivity index (χ2v) is 5.35. The maximum absolute atomic E-state index is 13.6. The molecule has 1 saturated heterocycles. The molecule has 0 bridgehead atoms. The van der Waals surface area contributed by atoms with Gasteiger partial charge in [0, 0.05) is 24.2 Å². The zero-order chi connectivity index (χ0) is 14.5. The summed E-state index contributed by atoms with van der Waals surface area (Å²) in [6.07, 6.45) is 2.35. The maximum atomic E-state index is 13.6. The summed E-state index contributed by atoms with van der Waals surface area (Å²) in [5, 5.41) is 0. The Hall–Kier alpha value is -1.63. The summed E-state index contributed by atoms with van der Waals surface area (Å²) in [6, 6.07) is 0.663. The number of pyridine rings is 1. The number of nitrogens with zero attached hydrogens (tertiary/aromatic N) is 2. The quantitative estimate of drug-likeness (QED) is 0.788. The van der Waals surface area contributed by atoms with E-state index in [0.717, 1.165) is 6.20 Å². The van der Waals surface area contributed by atoms with Gasteiger partial charge in [-0.3, -0.25) is 9.78 Å². The monoisotopic (exact) mass is 298 g/mol. The number of hydrogen-bond donors (Lipinski definition) is 0. The summed E-state index contributed by atoms with van der Waals surface area (Å²) < 4.78 is 18.6. The van der Waals surface area contributed by atoms with Crippen molar-refractivity contribution in [3.8, 4) is 0 Å². The van der Waals surface area contributed by atoms with Crippen LogP contribution in [0.15, 0.2) is 18.5 Å². The summed E-state index contributed by atoms with van der Waals surface area (Å²) in [5.41, 5.74) is -0.0683. The highest BCUT2D eigenvalue weighted by Crippen LogP contribution is 2.21. The van der Waals surface area contributed by atoms with Crippen molar-refractivity contribution in [2.45, 2.75) is 13.0 Å². The second-order valence-electron chi connectivity index (χ2n) is 4.20. The summed E-state index contributed by atoms with van der Waals surface area (Å²) in [4.78, 5) is 29.3. The Labute approximate surface area is 120 Å². The SMILES string of the molecule is CCOC(=O)C1CSCCN1C(=O)c1ccncc1F. The van der Waals surface area contributed by atoms with Gasteiger partial charge < -0.3 is 9.64 Å². The van der Waals surface area contributed by atoms with Crippen LogP contribution in [0.4, 0.5) is 4.39 Å². The normalized spacial score (nSPS) is 18.7. The largest absolute Gasteiger partial charge is 0.464 e. The number of amides is 1. The molecular formula is C13H15FN2O3S. The van der Waals surface area contributed by atoms with Crippen molar-refractivity contribution in [3.63, 3.8) is 0 Å². The molecule has 2 rings (SSSR count). The standard InChI is InChI=1S/C13H15FN2O3S/c1-2-19-13(18)11-8-20-6-5-16(11)12(17)9-3-4-15-7-10(9)14/h3-4,7,11H,2,5-6,8H2,1H3. The summed E-state index contributed by atoms with van der Waals surface area (Å²) >= 11 is 1.58. The molecule has 1 amide bonds. The molecule has 0 aliphatic carbocycles. The van der Waals surface area contributed by atoms with Gasteiger partial charge >= 0.3 is 5.97 Å². The second kappa shape index (κ2) is 6.69. The Balaban J connectivity index is 2.22. The lowest BCUT2D eigenvalue weighted by atomic mass is 10.2. The van der Waals surface area contributed by atoms with E-state index in [1.807, 2.05) is 0 Å². The summed E-state index contributed by atoms with van der Waals surface area (Å²) in [6.45, 7) is 2.36. The van der Waals surface area contributed by atoms with Crippen LogP contribution in [0.5, 0.6) is 0 Å². The molecule has 1 fully saturated rings. The molecule has 0 radical (unpaired) electrons. The van der Waals surface area contributed by atoms with Gasteiger partial charge in [0.1, 0.15) is 6.04 Å². The Kier molecular flexibility index (Phi) is 4.94. The van der Waals surface area contributed by atoms with Crippen molar-refractivity contribution in [1.29, 1.82) is 0 Å². The summed E-state index contributed by atoms with van der Waals surface area (Å²) in [7, 11) is 0. The van der Waals surface area contributed by atoms with Gasteiger partial charge in [-0.25, -0.2) is 9.18 Å².